The topological polar surface area (TPSA) is 3.24 Å². The second-order valence-corrected chi connectivity index (χ2v) is 18.8. The average molecular weight is 832 g/mol. The Hall–Kier alpha value is -7.74. The van der Waals surface area contributed by atoms with Gasteiger partial charge in [-0.1, -0.05) is 222 Å². The highest BCUT2D eigenvalue weighted by atomic mass is 15.1. The van der Waals surface area contributed by atoms with Gasteiger partial charge in [-0.25, -0.2) is 0 Å². The van der Waals surface area contributed by atoms with Crippen LogP contribution >= 0.6 is 0 Å². The lowest BCUT2D eigenvalue weighted by Crippen LogP contribution is -2.15. The van der Waals surface area contributed by atoms with E-state index >= 15 is 0 Å². The van der Waals surface area contributed by atoms with Crippen LogP contribution in [0, 0.1) is 0 Å². The first-order chi connectivity index (χ1) is 31.8. The summed E-state index contributed by atoms with van der Waals surface area (Å²) in [5, 5.41) is 2.50. The Labute approximate surface area is 383 Å². The van der Waals surface area contributed by atoms with Crippen molar-refractivity contribution >= 4 is 27.8 Å². The molecular weight excluding hydrogens is 783 g/mol. The van der Waals surface area contributed by atoms with E-state index in [9.17, 15) is 0 Å². The second-order valence-electron chi connectivity index (χ2n) is 18.8. The van der Waals surface area contributed by atoms with Crippen molar-refractivity contribution in [2.75, 3.05) is 4.90 Å². The Morgan fingerprint density at radius 2 is 0.754 bits per heavy atom. The zero-order valence-electron chi connectivity index (χ0n) is 37.3. The van der Waals surface area contributed by atoms with Crippen LogP contribution < -0.4 is 4.90 Å². The summed E-state index contributed by atoms with van der Waals surface area (Å²) in [6.45, 7) is 9.45. The minimum absolute atomic E-state index is 0.0637. The van der Waals surface area contributed by atoms with Crippen molar-refractivity contribution in [2.24, 2.45) is 0 Å². The summed E-state index contributed by atoms with van der Waals surface area (Å²) in [5.74, 6) is 0. The number of fused-ring (bicyclic) bond motifs is 7. The van der Waals surface area contributed by atoms with Crippen LogP contribution in [-0.4, -0.2) is 0 Å². The molecule has 12 rings (SSSR count). The molecule has 310 valence electrons. The quantitative estimate of drug-likeness (QED) is 0.155. The Kier molecular flexibility index (Phi) is 8.94. The normalized spacial score (nSPS) is 13.8. The number of rotatable bonds is 7. The molecule has 0 spiro atoms. The molecule has 0 saturated heterocycles. The first-order valence-electron chi connectivity index (χ1n) is 22.9. The van der Waals surface area contributed by atoms with Gasteiger partial charge in [0.2, 0.25) is 0 Å². The second kappa shape index (κ2) is 14.9. The molecule has 2 aliphatic rings. The van der Waals surface area contributed by atoms with Gasteiger partial charge in [0.25, 0.3) is 0 Å². The number of anilines is 3. The van der Waals surface area contributed by atoms with E-state index in [0.717, 1.165) is 17.1 Å². The van der Waals surface area contributed by atoms with Crippen molar-refractivity contribution < 1.29 is 0 Å². The minimum atomic E-state index is -0.109. The van der Waals surface area contributed by atoms with Gasteiger partial charge in [-0.3, -0.25) is 0 Å². The molecule has 0 bridgehead atoms. The zero-order valence-corrected chi connectivity index (χ0v) is 37.3. The van der Waals surface area contributed by atoms with E-state index < -0.39 is 0 Å². The van der Waals surface area contributed by atoms with Gasteiger partial charge in [0.05, 0.1) is 11.4 Å². The Balaban J connectivity index is 1.07. The van der Waals surface area contributed by atoms with Crippen LogP contribution in [0.25, 0.3) is 77.5 Å². The predicted molar refractivity (Wildman–Crippen MR) is 276 cm³/mol. The molecule has 1 heteroatoms. The molecule has 10 aromatic rings. The van der Waals surface area contributed by atoms with Gasteiger partial charge in [0, 0.05) is 27.6 Å². The fourth-order valence-corrected chi connectivity index (χ4v) is 11.3. The SMILES string of the molecule is CC1(C)c2ccccc2-c2cc(-c3ccccc3N(c3ccc(-c4cccc5cccc(-c6ccccc6)c45)cc3)c3ccccc3-c3cccc4c3-c3ccccc3C4(C)C)ccc21. The molecule has 65 heavy (non-hydrogen) atoms. The molecule has 10 aromatic carbocycles. The monoisotopic (exact) mass is 831 g/mol. The first-order valence-corrected chi connectivity index (χ1v) is 22.9. The highest BCUT2D eigenvalue weighted by Crippen LogP contribution is 2.55. The summed E-state index contributed by atoms with van der Waals surface area (Å²) < 4.78 is 0. The number of hydrogen-bond donors (Lipinski definition) is 0. The maximum Gasteiger partial charge on any atom is 0.0540 e. The molecule has 0 saturated carbocycles. The number of para-hydroxylation sites is 2. The molecule has 2 aliphatic carbocycles. The maximum atomic E-state index is 2.50. The van der Waals surface area contributed by atoms with E-state index in [1.165, 1.54) is 99.8 Å². The summed E-state index contributed by atoms with van der Waals surface area (Å²) in [4.78, 5) is 2.50. The van der Waals surface area contributed by atoms with Crippen LogP contribution in [0.2, 0.25) is 0 Å². The van der Waals surface area contributed by atoms with Crippen molar-refractivity contribution in [3.05, 3.63) is 247 Å². The molecule has 0 amide bonds. The summed E-state index contributed by atoms with van der Waals surface area (Å²) >= 11 is 0. The van der Waals surface area contributed by atoms with Crippen LogP contribution in [0.4, 0.5) is 17.1 Å². The Morgan fingerprint density at radius 3 is 1.46 bits per heavy atom. The molecule has 0 atom stereocenters. The lowest BCUT2D eigenvalue weighted by atomic mass is 9.82. The standard InChI is InChI=1S/C64H49N/c1-63(2)55-30-12-8-24-50(55)54-41-45(37-40-57(54)63)47-23-10-14-33-59(47)65(60-34-15-11-25-51(60)52-29-18-32-58-62(52)53-26-9-13-31-56(53)64(58,3)4)46-38-35-43(36-39-46)49-28-17-22-44-21-16-27-48(61(44)49)42-19-6-5-7-20-42/h5-41H,1-4H3. The van der Waals surface area contributed by atoms with Gasteiger partial charge in [-0.05, 0) is 119 Å². The summed E-state index contributed by atoms with van der Waals surface area (Å²) in [7, 11) is 0. The lowest BCUT2D eigenvalue weighted by molar-refractivity contribution is 0.660. The van der Waals surface area contributed by atoms with Gasteiger partial charge >= 0.3 is 0 Å². The van der Waals surface area contributed by atoms with Gasteiger partial charge in [-0.15, -0.1) is 0 Å². The zero-order chi connectivity index (χ0) is 43.9. The van der Waals surface area contributed by atoms with Crippen LogP contribution in [0.1, 0.15) is 49.9 Å². The number of nitrogens with zero attached hydrogens (tertiary/aromatic N) is 1. The third-order valence-electron chi connectivity index (χ3n) is 14.5. The average Bonchev–Trinajstić information content (AvgIpc) is 3.74. The van der Waals surface area contributed by atoms with E-state index in [4.69, 9.17) is 0 Å². The van der Waals surface area contributed by atoms with Crippen LogP contribution in [0.15, 0.2) is 224 Å². The van der Waals surface area contributed by atoms with Crippen LogP contribution in [0.5, 0.6) is 0 Å². The Bertz CT molecular complexity index is 3470. The molecule has 1 nitrogen and oxygen atoms in total. The van der Waals surface area contributed by atoms with E-state index in [0.29, 0.717) is 0 Å². The Morgan fingerprint density at radius 1 is 0.292 bits per heavy atom. The van der Waals surface area contributed by atoms with Gasteiger partial charge in [-0.2, -0.15) is 0 Å². The van der Waals surface area contributed by atoms with Gasteiger partial charge < -0.3 is 4.90 Å². The summed E-state index contributed by atoms with van der Waals surface area (Å²) in [6, 6.07) is 83.4. The summed E-state index contributed by atoms with van der Waals surface area (Å²) in [6.07, 6.45) is 0. The van der Waals surface area contributed by atoms with Crippen molar-refractivity contribution in [3.63, 3.8) is 0 Å². The largest absolute Gasteiger partial charge is 0.309 e. The van der Waals surface area contributed by atoms with Crippen LogP contribution in [0.3, 0.4) is 0 Å². The van der Waals surface area contributed by atoms with E-state index in [-0.39, 0.29) is 10.8 Å². The van der Waals surface area contributed by atoms with E-state index in [1.807, 2.05) is 0 Å². The molecule has 0 unspecified atom stereocenters. The molecule has 0 aromatic heterocycles. The first kappa shape index (κ1) is 38.9. The predicted octanol–water partition coefficient (Wildman–Crippen LogP) is 17.6. The minimum Gasteiger partial charge on any atom is -0.309 e. The maximum absolute atomic E-state index is 2.50. The summed E-state index contributed by atoms with van der Waals surface area (Å²) in [5.41, 5.74) is 23.7. The molecule has 0 fully saturated rings. The van der Waals surface area contributed by atoms with Gasteiger partial charge in [0.1, 0.15) is 0 Å². The molecule has 0 aliphatic heterocycles. The van der Waals surface area contributed by atoms with Crippen molar-refractivity contribution in [2.45, 2.75) is 38.5 Å². The molecular formula is C64H49N. The fraction of sp³-hybridized carbons (Fsp3) is 0.0938. The highest BCUT2D eigenvalue weighted by molar-refractivity contribution is 6.07. The van der Waals surface area contributed by atoms with Crippen LogP contribution in [-0.2, 0) is 10.8 Å². The smallest absolute Gasteiger partial charge is 0.0540 e. The van der Waals surface area contributed by atoms with E-state index in [1.54, 1.807) is 0 Å². The van der Waals surface area contributed by atoms with E-state index in [2.05, 4.69) is 257 Å². The van der Waals surface area contributed by atoms with Crippen molar-refractivity contribution in [1.82, 2.24) is 0 Å². The third-order valence-corrected chi connectivity index (χ3v) is 14.5. The van der Waals surface area contributed by atoms with Crippen molar-refractivity contribution in [1.29, 1.82) is 0 Å². The fourth-order valence-electron chi connectivity index (χ4n) is 11.3. The molecule has 0 radical (unpaired) electrons. The lowest BCUT2D eigenvalue weighted by Gasteiger charge is -2.31. The third kappa shape index (κ3) is 6.06. The van der Waals surface area contributed by atoms with Crippen molar-refractivity contribution in [3.8, 4) is 66.8 Å². The number of hydrogen-bond acceptors (Lipinski definition) is 1. The highest BCUT2D eigenvalue weighted by Gasteiger charge is 2.38. The van der Waals surface area contributed by atoms with Gasteiger partial charge in [0.15, 0.2) is 0 Å². The molecule has 0 heterocycles. The number of benzene rings is 10. The molecule has 0 N–H and O–H groups in total.